The van der Waals surface area contributed by atoms with Gasteiger partial charge in [0.25, 0.3) is 0 Å². The molecule has 0 heterocycles. The minimum Gasteiger partial charge on any atom is -0.494 e. The first-order chi connectivity index (χ1) is 15.2. The van der Waals surface area contributed by atoms with E-state index in [0.29, 0.717) is 18.8 Å². The molecule has 0 fully saturated rings. The van der Waals surface area contributed by atoms with Gasteiger partial charge in [0.1, 0.15) is 24.2 Å². The van der Waals surface area contributed by atoms with E-state index in [4.69, 9.17) is 24.8 Å². The van der Waals surface area contributed by atoms with Gasteiger partial charge >= 0.3 is 17.9 Å². The summed E-state index contributed by atoms with van der Waals surface area (Å²) >= 11 is 0. The molecule has 0 saturated carbocycles. The number of hydrogen-bond donors (Lipinski definition) is 3. The Bertz CT molecular complexity index is 857. The van der Waals surface area contributed by atoms with Crippen LogP contribution in [-0.4, -0.2) is 52.7 Å². The van der Waals surface area contributed by atoms with Gasteiger partial charge in [-0.25, -0.2) is 4.79 Å². The first-order valence-electron chi connectivity index (χ1n) is 9.47. The largest absolute Gasteiger partial charge is 0.494 e. The first kappa shape index (κ1) is 27.9. The minimum atomic E-state index is -1.31. The summed E-state index contributed by atoms with van der Waals surface area (Å²) < 4.78 is 10.4. The third-order valence-corrected chi connectivity index (χ3v) is 3.24. The minimum absolute atomic E-state index is 0.629. The maximum Gasteiger partial charge on any atom is 0.328 e. The third kappa shape index (κ3) is 14.8. The fourth-order valence-corrected chi connectivity index (χ4v) is 1.95. The normalized spacial score (nSPS) is 9.44. The Kier molecular flexibility index (Phi) is 14.5. The molecule has 9 nitrogen and oxygen atoms in total. The highest BCUT2D eigenvalue weighted by Gasteiger charge is 2.01. The number of aldehydes is 1. The topological polar surface area (TPSA) is 147 Å². The molecule has 0 radical (unpaired) electrons. The molecule has 0 aliphatic rings. The van der Waals surface area contributed by atoms with Gasteiger partial charge in [-0.3, -0.25) is 14.4 Å². The van der Waals surface area contributed by atoms with Crippen LogP contribution in [0.5, 0.6) is 11.5 Å². The molecule has 0 atom stereocenters. The number of carboxylic acids is 3. The molecule has 0 bridgehead atoms. The summed E-state index contributed by atoms with van der Waals surface area (Å²) in [5, 5.41) is 23.8. The Hall–Kier alpha value is -4.14. The van der Waals surface area contributed by atoms with Gasteiger partial charge in [0.15, 0.2) is 0 Å². The van der Waals surface area contributed by atoms with E-state index in [1.165, 1.54) is 6.08 Å². The lowest BCUT2D eigenvalue weighted by molar-refractivity contribution is -0.147. The van der Waals surface area contributed by atoms with Crippen molar-refractivity contribution in [1.82, 2.24) is 0 Å². The van der Waals surface area contributed by atoms with Crippen molar-refractivity contribution in [2.24, 2.45) is 0 Å². The van der Waals surface area contributed by atoms with E-state index in [-0.39, 0.29) is 0 Å². The lowest BCUT2D eigenvalue weighted by atomic mass is 10.2. The highest BCUT2D eigenvalue weighted by atomic mass is 16.5. The van der Waals surface area contributed by atoms with Crippen LogP contribution in [0.2, 0.25) is 0 Å². The monoisotopic (exact) mass is 446 g/mol. The van der Waals surface area contributed by atoms with Crippen molar-refractivity contribution in [3.05, 3.63) is 65.7 Å². The average Bonchev–Trinajstić information content (AvgIpc) is 2.74. The van der Waals surface area contributed by atoms with Gasteiger partial charge in [-0.2, -0.15) is 0 Å². The molecular formula is C23H26O9. The number of rotatable bonds is 9. The predicted molar refractivity (Wildman–Crippen MR) is 117 cm³/mol. The summed E-state index contributed by atoms with van der Waals surface area (Å²) in [7, 11) is 0. The maximum atomic E-state index is 10.2. The third-order valence-electron chi connectivity index (χ3n) is 3.24. The summed E-state index contributed by atoms with van der Waals surface area (Å²) in [4.78, 5) is 39.3. The molecule has 0 saturated heterocycles. The second-order valence-corrected chi connectivity index (χ2v) is 5.76. The van der Waals surface area contributed by atoms with E-state index in [2.05, 4.69) is 0 Å². The number of aliphatic carboxylic acids is 3. The van der Waals surface area contributed by atoms with Crippen LogP contribution in [-0.2, 0) is 14.4 Å². The van der Waals surface area contributed by atoms with Crippen LogP contribution in [0.15, 0.2) is 54.6 Å². The molecule has 3 N–H and O–H groups in total. The van der Waals surface area contributed by atoms with Crippen LogP contribution in [0.1, 0.15) is 36.2 Å². The van der Waals surface area contributed by atoms with Crippen molar-refractivity contribution in [3.8, 4) is 11.5 Å². The number of benzene rings is 2. The molecule has 172 valence electrons. The van der Waals surface area contributed by atoms with Crippen molar-refractivity contribution in [1.29, 1.82) is 0 Å². The van der Waals surface area contributed by atoms with Crippen LogP contribution in [0, 0.1) is 0 Å². The van der Waals surface area contributed by atoms with Gasteiger partial charge in [-0.1, -0.05) is 12.1 Å². The van der Waals surface area contributed by atoms with Crippen molar-refractivity contribution in [2.45, 2.75) is 20.3 Å². The molecule has 2 aromatic rings. The average molecular weight is 446 g/mol. The summed E-state index contributed by atoms with van der Waals surface area (Å²) in [5.41, 5.74) is 1.52. The van der Waals surface area contributed by atoms with Gasteiger partial charge in [-0.05, 0) is 61.9 Å². The van der Waals surface area contributed by atoms with E-state index in [9.17, 15) is 19.2 Å². The standard InChI is InChI=1S/C11H12O3.C9H10O2.C3H4O4/c1-2-14-10-6-3-9(4-7-10)5-8-11(12)13;1-2-11-9-5-3-8(7-10)4-6-9;4-2(5)1-3(6)7/h3-8H,2H2,1H3,(H,12,13);3-7H,2H2,1H3;1H2,(H,4,5)(H,6,7)/b8-5+;;. The Labute approximate surface area is 185 Å². The fourth-order valence-electron chi connectivity index (χ4n) is 1.95. The van der Waals surface area contributed by atoms with E-state index >= 15 is 0 Å². The maximum absolute atomic E-state index is 10.2. The molecule has 32 heavy (non-hydrogen) atoms. The van der Waals surface area contributed by atoms with Crippen LogP contribution in [0.25, 0.3) is 6.08 Å². The molecule has 9 heteroatoms. The molecule has 2 rings (SSSR count). The Morgan fingerprint density at radius 3 is 1.44 bits per heavy atom. The van der Waals surface area contributed by atoms with E-state index in [1.54, 1.807) is 24.3 Å². The molecule has 0 spiro atoms. The smallest absolute Gasteiger partial charge is 0.328 e. The van der Waals surface area contributed by atoms with Crippen LogP contribution in [0.4, 0.5) is 0 Å². The van der Waals surface area contributed by atoms with Crippen LogP contribution < -0.4 is 9.47 Å². The summed E-state index contributed by atoms with van der Waals surface area (Å²) in [6.07, 6.45) is 2.66. The lowest BCUT2D eigenvalue weighted by Crippen LogP contribution is -2.03. The van der Waals surface area contributed by atoms with Gasteiger partial charge in [0.2, 0.25) is 0 Å². The van der Waals surface area contributed by atoms with Crippen molar-refractivity contribution in [2.75, 3.05) is 13.2 Å². The molecular weight excluding hydrogens is 420 g/mol. The first-order valence-corrected chi connectivity index (χ1v) is 9.47. The number of carbonyl (C=O) groups excluding carboxylic acids is 1. The van der Waals surface area contributed by atoms with E-state index < -0.39 is 24.3 Å². The zero-order valence-electron chi connectivity index (χ0n) is 17.8. The summed E-state index contributed by atoms with van der Waals surface area (Å²) in [6.45, 7) is 5.12. The van der Waals surface area contributed by atoms with Crippen molar-refractivity contribution in [3.63, 3.8) is 0 Å². The molecule has 0 amide bonds. The zero-order valence-corrected chi connectivity index (χ0v) is 17.8. The van der Waals surface area contributed by atoms with Crippen LogP contribution >= 0.6 is 0 Å². The summed E-state index contributed by atoms with van der Waals surface area (Å²) in [5.74, 6) is -1.98. The number of ether oxygens (including phenoxy) is 2. The SMILES string of the molecule is CCOc1ccc(/C=C/C(=O)O)cc1.CCOc1ccc(C=O)cc1.O=C(O)CC(=O)O. The number of carboxylic acid groups (broad SMARTS) is 3. The predicted octanol–water partition coefficient (Wildman–Crippen LogP) is 3.63. The Morgan fingerprint density at radius 1 is 0.750 bits per heavy atom. The second-order valence-electron chi connectivity index (χ2n) is 5.76. The molecule has 2 aromatic carbocycles. The number of carbonyl (C=O) groups is 4. The quantitative estimate of drug-likeness (QED) is 0.298. The number of hydrogen-bond acceptors (Lipinski definition) is 6. The summed E-state index contributed by atoms with van der Waals surface area (Å²) in [6, 6.07) is 14.3. The molecule has 0 aliphatic heterocycles. The second kappa shape index (κ2) is 16.6. The van der Waals surface area contributed by atoms with Gasteiger partial charge < -0.3 is 24.8 Å². The fraction of sp³-hybridized carbons (Fsp3) is 0.217. The van der Waals surface area contributed by atoms with Crippen LogP contribution in [0.3, 0.4) is 0 Å². The molecule has 0 aliphatic carbocycles. The van der Waals surface area contributed by atoms with E-state index in [1.807, 2.05) is 38.1 Å². The van der Waals surface area contributed by atoms with Crippen molar-refractivity contribution < 1.29 is 44.0 Å². The highest BCUT2D eigenvalue weighted by Crippen LogP contribution is 2.13. The van der Waals surface area contributed by atoms with Gasteiger partial charge in [0.05, 0.1) is 13.2 Å². The van der Waals surface area contributed by atoms with E-state index in [0.717, 1.165) is 29.4 Å². The Balaban J connectivity index is 0.000000478. The highest BCUT2D eigenvalue weighted by molar-refractivity contribution is 5.88. The Morgan fingerprint density at radius 2 is 1.16 bits per heavy atom. The van der Waals surface area contributed by atoms with Gasteiger partial charge in [-0.15, -0.1) is 0 Å². The molecule has 0 aromatic heterocycles. The van der Waals surface area contributed by atoms with Gasteiger partial charge in [0, 0.05) is 11.6 Å². The van der Waals surface area contributed by atoms with Crippen molar-refractivity contribution >= 4 is 30.3 Å². The lowest BCUT2D eigenvalue weighted by Gasteiger charge is -2.01. The molecule has 0 unspecified atom stereocenters. The zero-order chi connectivity index (χ0) is 24.4.